The molecule has 6 nitrogen and oxygen atoms in total. The Balaban J connectivity index is 1.90. The first-order valence-corrected chi connectivity index (χ1v) is 9.62. The number of thioether (sulfide) groups is 1. The van der Waals surface area contributed by atoms with Crippen molar-refractivity contribution in [3.05, 3.63) is 11.6 Å². The van der Waals surface area contributed by atoms with Crippen LogP contribution in [0.3, 0.4) is 0 Å². The van der Waals surface area contributed by atoms with Crippen LogP contribution >= 0.6 is 11.8 Å². The lowest BCUT2D eigenvalue weighted by molar-refractivity contribution is 0.392. The molecular weight excluding hydrogens is 296 g/mol. The maximum Gasteiger partial charge on any atom is 0.191 e. The lowest BCUT2D eigenvalue weighted by Crippen LogP contribution is -2.47. The zero-order valence-corrected chi connectivity index (χ0v) is 14.7. The van der Waals surface area contributed by atoms with Crippen molar-refractivity contribution >= 4 is 17.7 Å². The van der Waals surface area contributed by atoms with Crippen LogP contribution in [0.4, 0.5) is 0 Å². The van der Waals surface area contributed by atoms with Crippen molar-refractivity contribution in [2.75, 3.05) is 25.1 Å². The molecule has 2 heterocycles. The van der Waals surface area contributed by atoms with Crippen LogP contribution in [0.2, 0.25) is 0 Å². The topological polar surface area (TPSA) is 67.1 Å². The summed E-state index contributed by atoms with van der Waals surface area (Å²) in [7, 11) is 0. The zero-order chi connectivity index (χ0) is 15.8. The fraction of sp³-hybridized carbons (Fsp3) is 0.800. The van der Waals surface area contributed by atoms with E-state index in [9.17, 15) is 0 Å². The molecule has 124 valence electrons. The summed E-state index contributed by atoms with van der Waals surface area (Å²) in [5, 5.41) is 11.4. The summed E-state index contributed by atoms with van der Waals surface area (Å²) in [6.45, 7) is 6.83. The average molecular weight is 324 g/mol. The first kappa shape index (κ1) is 17.1. The molecule has 0 amide bonds. The number of fused-ring (bicyclic) bond motifs is 1. The predicted octanol–water partition coefficient (Wildman–Crippen LogP) is 1.46. The highest BCUT2D eigenvalue weighted by Gasteiger charge is 2.21. The van der Waals surface area contributed by atoms with Crippen molar-refractivity contribution < 1.29 is 0 Å². The minimum absolute atomic E-state index is 0.372. The van der Waals surface area contributed by atoms with Crippen LogP contribution in [0, 0.1) is 0 Å². The van der Waals surface area contributed by atoms with E-state index in [4.69, 9.17) is 0 Å². The normalized spacial score (nSPS) is 18.1. The molecule has 0 aliphatic carbocycles. The molecule has 1 unspecified atom stereocenters. The summed E-state index contributed by atoms with van der Waals surface area (Å²) in [4.78, 5) is 9.22. The van der Waals surface area contributed by atoms with Gasteiger partial charge in [-0.05, 0) is 31.8 Å². The van der Waals surface area contributed by atoms with Gasteiger partial charge >= 0.3 is 0 Å². The van der Waals surface area contributed by atoms with E-state index in [0.717, 1.165) is 68.7 Å². The molecule has 0 fully saturated rings. The van der Waals surface area contributed by atoms with Gasteiger partial charge < -0.3 is 10.6 Å². The van der Waals surface area contributed by atoms with Crippen LogP contribution in [0.25, 0.3) is 0 Å². The van der Waals surface area contributed by atoms with Gasteiger partial charge in [0.15, 0.2) is 11.8 Å². The number of hydrogen-bond donors (Lipinski definition) is 2. The van der Waals surface area contributed by atoms with Crippen LogP contribution < -0.4 is 10.6 Å². The Bertz CT molecular complexity index is 484. The molecular formula is C15H28N6S. The monoisotopic (exact) mass is 324 g/mol. The second-order valence-electron chi connectivity index (χ2n) is 5.47. The van der Waals surface area contributed by atoms with Crippen LogP contribution in [0.1, 0.15) is 38.3 Å². The van der Waals surface area contributed by atoms with Gasteiger partial charge in [0, 0.05) is 32.0 Å². The smallest absolute Gasteiger partial charge is 0.191 e. The molecule has 1 aliphatic heterocycles. The Morgan fingerprint density at radius 3 is 3.05 bits per heavy atom. The van der Waals surface area contributed by atoms with Crippen LogP contribution in [-0.4, -0.2) is 51.9 Å². The van der Waals surface area contributed by atoms with E-state index in [2.05, 4.69) is 50.5 Å². The highest BCUT2D eigenvalue weighted by atomic mass is 32.2. The Hall–Kier alpha value is -1.24. The lowest BCUT2D eigenvalue weighted by atomic mass is 10.1. The SMILES string of the molecule is CCNC(=NCCCSC)NC1CCc2nc(CC)nn2C1. The van der Waals surface area contributed by atoms with Crippen LogP contribution in [0.5, 0.6) is 0 Å². The molecule has 7 heteroatoms. The number of nitrogens with one attached hydrogen (secondary N) is 2. The first-order valence-electron chi connectivity index (χ1n) is 8.23. The molecule has 1 atom stereocenters. The maximum absolute atomic E-state index is 4.66. The second-order valence-corrected chi connectivity index (χ2v) is 6.45. The number of rotatable bonds is 7. The van der Waals surface area contributed by atoms with Crippen molar-refractivity contribution in [3.63, 3.8) is 0 Å². The van der Waals surface area contributed by atoms with E-state index >= 15 is 0 Å². The fourth-order valence-corrected chi connectivity index (χ4v) is 2.96. The standard InChI is InChI=1S/C15H28N6S/c1-4-13-19-14-8-7-12(11-21(14)20-13)18-15(16-5-2)17-9-6-10-22-3/h12H,4-11H2,1-3H3,(H2,16,17,18). The van der Waals surface area contributed by atoms with E-state index in [1.165, 1.54) is 0 Å². The fourth-order valence-electron chi connectivity index (χ4n) is 2.54. The molecule has 0 radical (unpaired) electrons. The maximum atomic E-state index is 4.66. The molecule has 0 saturated carbocycles. The molecule has 1 aromatic rings. The Morgan fingerprint density at radius 2 is 2.32 bits per heavy atom. The molecule has 1 aliphatic rings. The van der Waals surface area contributed by atoms with E-state index in [1.54, 1.807) is 0 Å². The molecule has 1 aromatic heterocycles. The Labute approximate surface area is 137 Å². The highest BCUT2D eigenvalue weighted by molar-refractivity contribution is 7.98. The highest BCUT2D eigenvalue weighted by Crippen LogP contribution is 2.13. The van der Waals surface area contributed by atoms with Crippen LogP contribution in [-0.2, 0) is 19.4 Å². The van der Waals surface area contributed by atoms with Gasteiger partial charge in [-0.15, -0.1) is 0 Å². The summed E-state index contributed by atoms with van der Waals surface area (Å²) in [6, 6.07) is 0.372. The van der Waals surface area contributed by atoms with Gasteiger partial charge in [-0.25, -0.2) is 9.67 Å². The molecule has 0 saturated heterocycles. The third-order valence-electron chi connectivity index (χ3n) is 3.68. The first-order chi connectivity index (χ1) is 10.8. The van der Waals surface area contributed by atoms with E-state index < -0.39 is 0 Å². The quantitative estimate of drug-likeness (QED) is 0.452. The number of hydrogen-bond acceptors (Lipinski definition) is 4. The summed E-state index contributed by atoms with van der Waals surface area (Å²) in [5.74, 6) is 4.16. The molecule has 0 bridgehead atoms. The van der Waals surface area contributed by atoms with Crippen molar-refractivity contribution in [1.29, 1.82) is 0 Å². The van der Waals surface area contributed by atoms with Gasteiger partial charge in [-0.3, -0.25) is 4.99 Å². The number of aryl methyl sites for hydroxylation is 2. The summed E-state index contributed by atoms with van der Waals surface area (Å²) >= 11 is 1.87. The molecule has 2 N–H and O–H groups in total. The number of aliphatic imine (C=N–C) groups is 1. The molecule has 0 aromatic carbocycles. The van der Waals surface area contributed by atoms with Crippen molar-refractivity contribution in [1.82, 2.24) is 25.4 Å². The van der Waals surface area contributed by atoms with Gasteiger partial charge in [0.1, 0.15) is 5.82 Å². The molecule has 22 heavy (non-hydrogen) atoms. The van der Waals surface area contributed by atoms with Gasteiger partial charge in [0.2, 0.25) is 0 Å². The van der Waals surface area contributed by atoms with Crippen molar-refractivity contribution in [3.8, 4) is 0 Å². The Kier molecular flexibility index (Phi) is 7.02. The third kappa shape index (κ3) is 4.90. The van der Waals surface area contributed by atoms with Crippen LogP contribution in [0.15, 0.2) is 4.99 Å². The largest absolute Gasteiger partial charge is 0.357 e. The summed E-state index contributed by atoms with van der Waals surface area (Å²) in [6.07, 6.45) is 6.22. The van der Waals surface area contributed by atoms with Crippen molar-refractivity contribution in [2.45, 2.75) is 52.1 Å². The van der Waals surface area contributed by atoms with Gasteiger partial charge in [0.25, 0.3) is 0 Å². The molecule has 2 rings (SSSR count). The Morgan fingerprint density at radius 1 is 1.45 bits per heavy atom. The third-order valence-corrected chi connectivity index (χ3v) is 4.38. The number of guanidine groups is 1. The van der Waals surface area contributed by atoms with E-state index in [-0.39, 0.29) is 0 Å². The minimum atomic E-state index is 0.372. The van der Waals surface area contributed by atoms with E-state index in [0.29, 0.717) is 6.04 Å². The van der Waals surface area contributed by atoms with Gasteiger partial charge in [0.05, 0.1) is 6.54 Å². The number of aromatic nitrogens is 3. The van der Waals surface area contributed by atoms with E-state index in [1.807, 2.05) is 11.8 Å². The number of nitrogens with zero attached hydrogens (tertiary/aromatic N) is 4. The van der Waals surface area contributed by atoms with Gasteiger partial charge in [-0.2, -0.15) is 16.9 Å². The molecule has 0 spiro atoms. The predicted molar refractivity (Wildman–Crippen MR) is 93.6 cm³/mol. The second kappa shape index (κ2) is 9.02. The van der Waals surface area contributed by atoms with Gasteiger partial charge in [-0.1, -0.05) is 6.92 Å². The minimum Gasteiger partial charge on any atom is -0.357 e. The zero-order valence-electron chi connectivity index (χ0n) is 13.9. The lowest BCUT2D eigenvalue weighted by Gasteiger charge is -2.25. The summed E-state index contributed by atoms with van der Waals surface area (Å²) < 4.78 is 2.05. The summed E-state index contributed by atoms with van der Waals surface area (Å²) in [5.41, 5.74) is 0. The average Bonchev–Trinajstić information content (AvgIpc) is 2.94. The van der Waals surface area contributed by atoms with Crippen molar-refractivity contribution in [2.24, 2.45) is 4.99 Å².